The van der Waals surface area contributed by atoms with Crippen LogP contribution in [0.2, 0.25) is 0 Å². The van der Waals surface area contributed by atoms with Crippen LogP contribution in [0, 0.1) is 12.7 Å². The van der Waals surface area contributed by atoms with Crippen molar-refractivity contribution < 1.29 is 23.8 Å². The summed E-state index contributed by atoms with van der Waals surface area (Å²) >= 11 is 1.24. The van der Waals surface area contributed by atoms with Gasteiger partial charge in [-0.25, -0.2) is 9.37 Å². The zero-order valence-corrected chi connectivity index (χ0v) is 20.3. The first-order valence-electron chi connectivity index (χ1n) is 11.5. The van der Waals surface area contributed by atoms with E-state index in [1.54, 1.807) is 24.3 Å². The van der Waals surface area contributed by atoms with Gasteiger partial charge in [0.1, 0.15) is 29.5 Å². The molecule has 6 nitrogen and oxygen atoms in total. The Kier molecular flexibility index (Phi) is 5.15. The quantitative estimate of drug-likeness (QED) is 0.222. The first kappa shape index (κ1) is 22.4. The largest absolute Gasteiger partial charge is 0.507 e. The molecule has 0 radical (unpaired) electrons. The highest BCUT2D eigenvalue weighted by Crippen LogP contribution is 2.45. The molecule has 0 unspecified atom stereocenters. The molecule has 0 bridgehead atoms. The molecule has 3 aromatic carbocycles. The molecule has 6 rings (SSSR count). The molecule has 1 saturated heterocycles. The van der Waals surface area contributed by atoms with Crippen LogP contribution in [0.5, 0.6) is 5.75 Å². The number of aromatic nitrogens is 1. The summed E-state index contributed by atoms with van der Waals surface area (Å²) in [6, 6.07) is 15.6. The molecule has 3 heterocycles. The normalized spacial score (nSPS) is 20.7. The molecule has 4 aromatic rings. The molecular formula is C28H21FN2O4S. The van der Waals surface area contributed by atoms with Crippen molar-refractivity contribution in [3.05, 3.63) is 94.3 Å². The van der Waals surface area contributed by atoms with Crippen LogP contribution in [0.4, 0.5) is 9.52 Å². The zero-order valence-electron chi connectivity index (χ0n) is 19.5. The Morgan fingerprint density at radius 1 is 1.14 bits per heavy atom. The third kappa shape index (κ3) is 3.48. The van der Waals surface area contributed by atoms with E-state index in [9.17, 15) is 14.7 Å². The third-order valence-corrected chi connectivity index (χ3v) is 7.57. The molecule has 2 aliphatic heterocycles. The Balaban J connectivity index is 1.55. The number of hydrogen-bond acceptors (Lipinski definition) is 6. The predicted octanol–water partition coefficient (Wildman–Crippen LogP) is 5.69. The van der Waals surface area contributed by atoms with Crippen molar-refractivity contribution >= 4 is 44.1 Å². The number of hydrogen-bond donors (Lipinski definition) is 1. The maximum Gasteiger partial charge on any atom is 0.301 e. The molecule has 0 saturated carbocycles. The smallest absolute Gasteiger partial charge is 0.301 e. The lowest BCUT2D eigenvalue weighted by Gasteiger charge is -2.23. The minimum atomic E-state index is -1.17. The van der Waals surface area contributed by atoms with Gasteiger partial charge in [0, 0.05) is 17.5 Å². The molecule has 0 aliphatic carbocycles. The second-order valence-corrected chi connectivity index (χ2v) is 10.1. The fourth-order valence-corrected chi connectivity index (χ4v) is 5.96. The Bertz CT molecular complexity index is 1610. The van der Waals surface area contributed by atoms with Crippen molar-refractivity contribution in [1.29, 1.82) is 0 Å². The number of amides is 1. The SMILES string of the molecule is Cc1ccc2nc(N3C(=O)C(=O)/C(=C(/O)c4ccc5c(c4)C[C@@H](C)O5)[C@H]3c3ccccc3F)sc2c1. The fraction of sp³-hybridized carbons (Fsp3) is 0.179. The van der Waals surface area contributed by atoms with Crippen molar-refractivity contribution in [2.24, 2.45) is 0 Å². The van der Waals surface area contributed by atoms with Crippen LogP contribution in [0.15, 0.2) is 66.2 Å². The number of fused-ring (bicyclic) bond motifs is 2. The van der Waals surface area contributed by atoms with Gasteiger partial charge >= 0.3 is 5.91 Å². The van der Waals surface area contributed by atoms with E-state index < -0.39 is 23.5 Å². The number of benzene rings is 3. The van der Waals surface area contributed by atoms with E-state index >= 15 is 4.39 Å². The molecule has 8 heteroatoms. The number of aliphatic hydroxyl groups is 1. The highest BCUT2D eigenvalue weighted by Gasteiger charge is 2.49. The van der Waals surface area contributed by atoms with Gasteiger partial charge < -0.3 is 9.84 Å². The predicted molar refractivity (Wildman–Crippen MR) is 136 cm³/mol. The van der Waals surface area contributed by atoms with E-state index in [4.69, 9.17) is 4.74 Å². The van der Waals surface area contributed by atoms with E-state index in [-0.39, 0.29) is 28.1 Å². The number of aryl methyl sites for hydroxylation is 1. The summed E-state index contributed by atoms with van der Waals surface area (Å²) in [4.78, 5) is 32.5. The van der Waals surface area contributed by atoms with Crippen molar-refractivity contribution in [3.8, 4) is 5.75 Å². The number of halogens is 1. The first-order valence-corrected chi connectivity index (χ1v) is 12.4. The number of Topliss-reactive ketones (excluding diaryl/α,β-unsaturated/α-hetero) is 1. The Labute approximate surface area is 210 Å². The van der Waals surface area contributed by atoms with Gasteiger partial charge in [0.05, 0.1) is 15.8 Å². The summed E-state index contributed by atoms with van der Waals surface area (Å²) in [6.45, 7) is 3.90. The van der Waals surface area contributed by atoms with Gasteiger partial charge in [-0.05, 0) is 61.4 Å². The lowest BCUT2D eigenvalue weighted by molar-refractivity contribution is -0.132. The van der Waals surface area contributed by atoms with E-state index in [1.807, 2.05) is 32.0 Å². The summed E-state index contributed by atoms with van der Waals surface area (Å²) in [5.74, 6) is -1.98. The number of thiazole rings is 1. The minimum Gasteiger partial charge on any atom is -0.507 e. The van der Waals surface area contributed by atoms with E-state index in [0.29, 0.717) is 17.5 Å². The number of carbonyl (C=O) groups excluding carboxylic acids is 2. The zero-order chi connectivity index (χ0) is 25.1. The summed E-state index contributed by atoms with van der Waals surface area (Å²) in [7, 11) is 0. The Morgan fingerprint density at radius 2 is 1.94 bits per heavy atom. The standard InChI is InChI=1S/C28H21FN2O4S/c1-14-7-9-20-22(11-14)36-28(30-20)31-24(18-5-3-4-6-19(18)29)23(26(33)27(31)34)25(32)16-8-10-21-17(13-16)12-15(2)35-21/h3-11,13,15,24,32H,12H2,1-2H3/b25-23+/t15-,24-/m1/s1. The molecule has 2 aliphatic rings. The van der Waals surface area contributed by atoms with Crippen LogP contribution >= 0.6 is 11.3 Å². The second kappa shape index (κ2) is 8.27. The lowest BCUT2D eigenvalue weighted by atomic mass is 9.94. The Hall–Kier alpha value is -4.04. The van der Waals surface area contributed by atoms with Gasteiger partial charge in [0.25, 0.3) is 5.78 Å². The van der Waals surface area contributed by atoms with E-state index in [1.165, 1.54) is 34.4 Å². The van der Waals surface area contributed by atoms with Crippen molar-refractivity contribution in [2.45, 2.75) is 32.4 Å². The molecule has 1 amide bonds. The van der Waals surface area contributed by atoms with Crippen molar-refractivity contribution in [1.82, 2.24) is 4.98 Å². The highest BCUT2D eigenvalue weighted by atomic mass is 32.1. The van der Waals surface area contributed by atoms with Crippen molar-refractivity contribution in [2.75, 3.05) is 4.90 Å². The molecule has 1 N–H and O–H groups in total. The number of rotatable bonds is 3. The molecule has 36 heavy (non-hydrogen) atoms. The van der Waals surface area contributed by atoms with Crippen LogP contribution in [0.25, 0.3) is 16.0 Å². The number of anilines is 1. The van der Waals surface area contributed by atoms with Crippen LogP contribution in [0.1, 0.15) is 35.2 Å². The van der Waals surface area contributed by atoms with E-state index in [0.717, 1.165) is 21.6 Å². The molecule has 180 valence electrons. The molecule has 0 spiro atoms. The van der Waals surface area contributed by atoms with Gasteiger partial charge in [-0.3, -0.25) is 14.5 Å². The summed E-state index contributed by atoms with van der Waals surface area (Å²) < 4.78 is 21.7. The van der Waals surface area contributed by atoms with Gasteiger partial charge in [-0.2, -0.15) is 0 Å². The number of ketones is 1. The topological polar surface area (TPSA) is 79.7 Å². The van der Waals surface area contributed by atoms with Gasteiger partial charge in [0.2, 0.25) is 0 Å². The lowest BCUT2D eigenvalue weighted by Crippen LogP contribution is -2.29. The molecule has 1 fully saturated rings. The minimum absolute atomic E-state index is 0.00376. The number of nitrogens with zero attached hydrogens (tertiary/aromatic N) is 2. The van der Waals surface area contributed by atoms with E-state index in [2.05, 4.69) is 4.98 Å². The molecular weight excluding hydrogens is 479 g/mol. The number of aliphatic hydroxyl groups excluding tert-OH is 1. The molecule has 2 atom stereocenters. The molecule has 1 aromatic heterocycles. The number of ether oxygens (including phenoxy) is 1. The summed E-state index contributed by atoms with van der Waals surface area (Å²) in [5, 5.41) is 11.6. The van der Waals surface area contributed by atoms with Gasteiger partial charge in [-0.1, -0.05) is 35.6 Å². The maximum atomic E-state index is 15.1. The Morgan fingerprint density at radius 3 is 2.75 bits per heavy atom. The van der Waals surface area contributed by atoms with Crippen LogP contribution in [0.3, 0.4) is 0 Å². The van der Waals surface area contributed by atoms with Crippen LogP contribution in [-0.2, 0) is 16.0 Å². The average molecular weight is 501 g/mol. The number of carbonyl (C=O) groups is 2. The summed E-state index contributed by atoms with van der Waals surface area (Å²) in [6.07, 6.45) is 0.663. The third-order valence-electron chi connectivity index (χ3n) is 6.55. The average Bonchev–Trinajstić information content (AvgIpc) is 3.51. The second-order valence-electron chi connectivity index (χ2n) is 9.11. The summed E-state index contributed by atoms with van der Waals surface area (Å²) in [5.41, 5.74) is 2.89. The van der Waals surface area contributed by atoms with Gasteiger partial charge in [0.15, 0.2) is 5.13 Å². The van der Waals surface area contributed by atoms with Crippen molar-refractivity contribution in [3.63, 3.8) is 0 Å². The van der Waals surface area contributed by atoms with Crippen LogP contribution < -0.4 is 9.64 Å². The monoisotopic (exact) mass is 500 g/mol. The highest BCUT2D eigenvalue weighted by molar-refractivity contribution is 7.22. The first-order chi connectivity index (χ1) is 17.3. The fourth-order valence-electron chi connectivity index (χ4n) is 4.87. The maximum absolute atomic E-state index is 15.1. The van der Waals surface area contributed by atoms with Gasteiger partial charge in [-0.15, -0.1) is 0 Å². The van der Waals surface area contributed by atoms with Crippen LogP contribution in [-0.4, -0.2) is 27.9 Å².